The molecule has 0 aromatic heterocycles. The van der Waals surface area contributed by atoms with Crippen LogP contribution in [0, 0.1) is 5.92 Å². The van der Waals surface area contributed by atoms with Gasteiger partial charge in [0.25, 0.3) is 0 Å². The predicted molar refractivity (Wildman–Crippen MR) is 168 cm³/mol. The van der Waals surface area contributed by atoms with E-state index in [1.165, 1.54) is 0 Å². The van der Waals surface area contributed by atoms with E-state index >= 15 is 0 Å². The van der Waals surface area contributed by atoms with Gasteiger partial charge in [0.1, 0.15) is 23.0 Å². The molecule has 1 amide bonds. The Labute approximate surface area is 256 Å². The topological polar surface area (TPSA) is 84.9 Å². The van der Waals surface area contributed by atoms with Crippen LogP contribution < -0.4 is 14.8 Å². The average molecular weight is 585 g/mol. The SMILES string of the molecule is COc1ccc(C(=O)[C@H]2[C@@H](C(=O)c3ccc(OC(C)C)cc3)[C@@]3(C(=O)Nc4ccccc43)[C@H]3c4ccccc4C=CN23)cc1. The molecule has 3 aliphatic heterocycles. The molecule has 4 aromatic rings. The summed E-state index contributed by atoms with van der Waals surface area (Å²) in [6, 6.07) is 27.7. The average Bonchev–Trinajstić information content (AvgIpc) is 3.52. The molecule has 4 aromatic carbocycles. The van der Waals surface area contributed by atoms with Crippen LogP contribution >= 0.6 is 0 Å². The van der Waals surface area contributed by atoms with Gasteiger partial charge in [-0.25, -0.2) is 0 Å². The summed E-state index contributed by atoms with van der Waals surface area (Å²) in [6.45, 7) is 3.88. The van der Waals surface area contributed by atoms with Crippen LogP contribution in [0.25, 0.3) is 6.08 Å². The third-order valence-corrected chi connectivity index (χ3v) is 9.01. The Morgan fingerprint density at radius 1 is 0.818 bits per heavy atom. The molecule has 7 nitrogen and oxygen atoms in total. The predicted octanol–water partition coefficient (Wildman–Crippen LogP) is 6.46. The van der Waals surface area contributed by atoms with E-state index in [-0.39, 0.29) is 23.6 Å². The van der Waals surface area contributed by atoms with Crippen LogP contribution in [0.3, 0.4) is 0 Å². The summed E-state index contributed by atoms with van der Waals surface area (Å²) in [5.41, 5.74) is 2.67. The number of ketones is 2. The van der Waals surface area contributed by atoms with E-state index in [9.17, 15) is 14.4 Å². The number of hydrogen-bond acceptors (Lipinski definition) is 6. The van der Waals surface area contributed by atoms with E-state index in [4.69, 9.17) is 9.47 Å². The van der Waals surface area contributed by atoms with Crippen molar-refractivity contribution in [1.82, 2.24) is 4.90 Å². The number of benzene rings is 4. The molecule has 0 unspecified atom stereocenters. The standard InChI is InChI=1S/C37H32N2O5/c1-22(2)44-27-18-14-24(15-19-27)33(40)31-32(34(41)25-12-16-26(43-3)17-13-25)39-21-20-23-8-4-5-9-28(23)35(39)37(31)29-10-6-7-11-30(29)38-36(37)42/h4-22,31-32,35H,1-3H3,(H,38,42)/t31-,32+,35+,37+/m0/s1. The van der Waals surface area contributed by atoms with Gasteiger partial charge in [-0.2, -0.15) is 0 Å². The third kappa shape index (κ3) is 4.07. The van der Waals surface area contributed by atoms with Gasteiger partial charge in [0.2, 0.25) is 5.91 Å². The first-order valence-corrected chi connectivity index (χ1v) is 14.8. The molecule has 0 bridgehead atoms. The second kappa shape index (κ2) is 10.5. The minimum atomic E-state index is -1.38. The van der Waals surface area contributed by atoms with E-state index in [0.29, 0.717) is 33.9 Å². The molecule has 3 aliphatic rings. The van der Waals surface area contributed by atoms with Crippen molar-refractivity contribution in [3.8, 4) is 11.5 Å². The molecule has 0 saturated carbocycles. The van der Waals surface area contributed by atoms with Crippen molar-refractivity contribution in [3.63, 3.8) is 0 Å². The first kappa shape index (κ1) is 27.7. The highest BCUT2D eigenvalue weighted by molar-refractivity contribution is 6.16. The Bertz CT molecular complexity index is 1810. The van der Waals surface area contributed by atoms with E-state index in [0.717, 1.165) is 11.1 Å². The number of carbonyl (C=O) groups is 3. The lowest BCUT2D eigenvalue weighted by Crippen LogP contribution is -2.49. The number of hydrogen-bond donors (Lipinski definition) is 1. The second-order valence-electron chi connectivity index (χ2n) is 11.7. The Kier molecular flexibility index (Phi) is 6.61. The van der Waals surface area contributed by atoms with Gasteiger partial charge in [-0.05, 0) is 91.2 Å². The highest BCUT2D eigenvalue weighted by atomic mass is 16.5. The van der Waals surface area contributed by atoms with Crippen LogP contribution in [-0.2, 0) is 10.2 Å². The van der Waals surface area contributed by atoms with E-state index in [2.05, 4.69) is 5.32 Å². The minimum Gasteiger partial charge on any atom is -0.497 e. The lowest BCUT2D eigenvalue weighted by Gasteiger charge is -2.38. The summed E-state index contributed by atoms with van der Waals surface area (Å²) in [5, 5.41) is 3.09. The summed E-state index contributed by atoms with van der Waals surface area (Å²) < 4.78 is 11.2. The molecule has 1 N–H and O–H groups in total. The summed E-state index contributed by atoms with van der Waals surface area (Å²) in [7, 11) is 1.57. The molecule has 4 atom stereocenters. The molecular weight excluding hydrogens is 552 g/mol. The number of fused-ring (bicyclic) bond motifs is 6. The molecular formula is C37H32N2O5. The summed E-state index contributed by atoms with van der Waals surface area (Å²) in [6.07, 6.45) is 3.81. The number of para-hydroxylation sites is 1. The van der Waals surface area contributed by atoms with E-state index < -0.39 is 23.4 Å². The molecule has 1 spiro atoms. The number of nitrogens with one attached hydrogen (secondary N) is 1. The largest absolute Gasteiger partial charge is 0.497 e. The Balaban J connectivity index is 1.47. The van der Waals surface area contributed by atoms with Crippen molar-refractivity contribution < 1.29 is 23.9 Å². The number of carbonyl (C=O) groups excluding carboxylic acids is 3. The third-order valence-electron chi connectivity index (χ3n) is 9.01. The number of amides is 1. The lowest BCUT2D eigenvalue weighted by atomic mass is 9.62. The van der Waals surface area contributed by atoms with Crippen LogP contribution in [-0.4, -0.2) is 41.6 Å². The smallest absolute Gasteiger partial charge is 0.238 e. The fraction of sp³-hybridized carbons (Fsp3) is 0.216. The van der Waals surface area contributed by atoms with Crippen molar-refractivity contribution >= 4 is 29.2 Å². The number of Topliss-reactive ketones (excluding diaryl/α,β-unsaturated/α-hetero) is 2. The molecule has 44 heavy (non-hydrogen) atoms. The van der Waals surface area contributed by atoms with Gasteiger partial charge in [-0.15, -0.1) is 0 Å². The quantitative estimate of drug-likeness (QED) is 0.251. The van der Waals surface area contributed by atoms with Gasteiger partial charge in [0.05, 0.1) is 25.2 Å². The van der Waals surface area contributed by atoms with E-state index in [1.807, 2.05) is 79.6 Å². The molecule has 7 rings (SSSR count). The van der Waals surface area contributed by atoms with Gasteiger partial charge >= 0.3 is 0 Å². The van der Waals surface area contributed by atoms with Crippen molar-refractivity contribution in [2.45, 2.75) is 37.5 Å². The maximum Gasteiger partial charge on any atom is 0.238 e. The van der Waals surface area contributed by atoms with Crippen LogP contribution in [0.2, 0.25) is 0 Å². The molecule has 1 fully saturated rings. The van der Waals surface area contributed by atoms with Gasteiger partial charge in [0.15, 0.2) is 11.6 Å². The van der Waals surface area contributed by atoms with Crippen molar-refractivity contribution in [3.05, 3.63) is 131 Å². The number of anilines is 1. The maximum absolute atomic E-state index is 15.0. The van der Waals surface area contributed by atoms with Crippen molar-refractivity contribution in [2.24, 2.45) is 5.92 Å². The Hall–Kier alpha value is -5.17. The summed E-state index contributed by atoms with van der Waals surface area (Å²) in [5.74, 6) is -0.592. The van der Waals surface area contributed by atoms with Gasteiger partial charge in [-0.1, -0.05) is 42.5 Å². The van der Waals surface area contributed by atoms with Crippen molar-refractivity contribution in [2.75, 3.05) is 12.4 Å². The zero-order valence-electron chi connectivity index (χ0n) is 24.7. The Morgan fingerprint density at radius 2 is 1.45 bits per heavy atom. The van der Waals surface area contributed by atoms with Crippen LogP contribution in [0.4, 0.5) is 5.69 Å². The fourth-order valence-corrected chi connectivity index (χ4v) is 7.24. The van der Waals surface area contributed by atoms with Crippen LogP contribution in [0.15, 0.2) is 103 Å². The second-order valence-corrected chi connectivity index (χ2v) is 11.7. The number of ether oxygens (including phenoxy) is 2. The lowest BCUT2D eigenvalue weighted by molar-refractivity contribution is -0.122. The van der Waals surface area contributed by atoms with Crippen molar-refractivity contribution in [1.29, 1.82) is 0 Å². The molecule has 0 radical (unpaired) electrons. The normalized spacial score (nSPS) is 22.8. The molecule has 220 valence electrons. The molecule has 7 heteroatoms. The van der Waals surface area contributed by atoms with E-state index in [1.54, 1.807) is 55.6 Å². The molecule has 1 saturated heterocycles. The first-order chi connectivity index (χ1) is 21.3. The van der Waals surface area contributed by atoms with Gasteiger partial charge < -0.3 is 19.7 Å². The fourth-order valence-electron chi connectivity index (χ4n) is 7.24. The molecule has 0 aliphatic carbocycles. The summed E-state index contributed by atoms with van der Waals surface area (Å²) >= 11 is 0. The minimum absolute atomic E-state index is 0.0254. The first-order valence-electron chi connectivity index (χ1n) is 14.8. The zero-order chi connectivity index (χ0) is 30.6. The van der Waals surface area contributed by atoms with Gasteiger partial charge in [0, 0.05) is 23.0 Å². The van der Waals surface area contributed by atoms with Gasteiger partial charge in [-0.3, -0.25) is 14.4 Å². The maximum atomic E-state index is 15.0. The zero-order valence-corrected chi connectivity index (χ0v) is 24.7. The number of rotatable bonds is 7. The highest BCUT2D eigenvalue weighted by Crippen LogP contribution is 2.62. The molecule has 3 heterocycles. The number of methoxy groups -OCH3 is 1. The van der Waals surface area contributed by atoms with Crippen LogP contribution in [0.5, 0.6) is 11.5 Å². The Morgan fingerprint density at radius 3 is 2.16 bits per heavy atom. The highest BCUT2D eigenvalue weighted by Gasteiger charge is 2.70. The monoisotopic (exact) mass is 584 g/mol. The number of nitrogens with zero attached hydrogens (tertiary/aromatic N) is 1. The summed E-state index contributed by atoms with van der Waals surface area (Å²) in [4.78, 5) is 46.1. The van der Waals surface area contributed by atoms with Crippen LogP contribution in [0.1, 0.15) is 57.3 Å².